The summed E-state index contributed by atoms with van der Waals surface area (Å²) in [4.78, 5) is 11.6. The zero-order chi connectivity index (χ0) is 15.1. The van der Waals surface area contributed by atoms with Crippen LogP contribution in [0.1, 0.15) is 11.1 Å². The minimum atomic E-state index is -0.481. The molecule has 2 aromatic rings. The van der Waals surface area contributed by atoms with E-state index in [-0.39, 0.29) is 13.2 Å². The number of hydrogen-bond donors (Lipinski definition) is 0. The highest BCUT2D eigenvalue weighted by molar-refractivity contribution is 9.10. The van der Waals surface area contributed by atoms with Gasteiger partial charge >= 0.3 is 5.97 Å². The summed E-state index contributed by atoms with van der Waals surface area (Å²) in [7, 11) is 0. The van der Waals surface area contributed by atoms with Gasteiger partial charge < -0.3 is 9.47 Å². The fourth-order valence-corrected chi connectivity index (χ4v) is 1.89. The highest BCUT2D eigenvalue weighted by atomic mass is 79.9. The highest BCUT2D eigenvalue weighted by Crippen LogP contribution is 2.16. The van der Waals surface area contributed by atoms with E-state index in [0.717, 1.165) is 4.47 Å². The van der Waals surface area contributed by atoms with Gasteiger partial charge in [0.05, 0.1) is 11.6 Å². The molecular formula is C16H12BrNO3. The fourth-order valence-electron chi connectivity index (χ4n) is 1.63. The second kappa shape index (κ2) is 7.46. The van der Waals surface area contributed by atoms with E-state index in [2.05, 4.69) is 22.0 Å². The molecule has 106 valence electrons. The van der Waals surface area contributed by atoms with Crippen molar-refractivity contribution in [3.05, 3.63) is 64.1 Å². The summed E-state index contributed by atoms with van der Waals surface area (Å²) in [5.41, 5.74) is 1.18. The first-order chi connectivity index (χ1) is 10.2. The van der Waals surface area contributed by atoms with Crippen molar-refractivity contribution in [2.75, 3.05) is 6.61 Å². The third-order valence-corrected chi connectivity index (χ3v) is 3.23. The summed E-state index contributed by atoms with van der Waals surface area (Å²) in [6, 6.07) is 16.2. The molecule has 4 nitrogen and oxygen atoms in total. The minimum Gasteiger partial charge on any atom is -0.482 e. The van der Waals surface area contributed by atoms with Gasteiger partial charge in [-0.25, -0.2) is 4.79 Å². The van der Waals surface area contributed by atoms with E-state index in [1.807, 2.05) is 12.1 Å². The number of esters is 1. The number of carbonyl (C=O) groups excluding carboxylic acids is 1. The maximum atomic E-state index is 11.6. The van der Waals surface area contributed by atoms with Crippen molar-refractivity contribution in [1.29, 1.82) is 5.26 Å². The van der Waals surface area contributed by atoms with E-state index in [0.29, 0.717) is 16.9 Å². The van der Waals surface area contributed by atoms with Crippen LogP contribution < -0.4 is 4.74 Å². The van der Waals surface area contributed by atoms with Gasteiger partial charge in [-0.15, -0.1) is 0 Å². The molecule has 0 fully saturated rings. The van der Waals surface area contributed by atoms with Crippen molar-refractivity contribution >= 4 is 21.9 Å². The first kappa shape index (κ1) is 15.1. The predicted octanol–water partition coefficient (Wildman–Crippen LogP) is 3.44. The van der Waals surface area contributed by atoms with E-state index in [4.69, 9.17) is 14.7 Å². The van der Waals surface area contributed by atoms with Crippen LogP contribution >= 0.6 is 15.9 Å². The molecule has 0 amide bonds. The summed E-state index contributed by atoms with van der Waals surface area (Å²) in [5, 5.41) is 8.94. The lowest BCUT2D eigenvalue weighted by Crippen LogP contribution is -2.15. The van der Waals surface area contributed by atoms with E-state index in [1.165, 1.54) is 0 Å². The number of nitriles is 1. The molecule has 5 heteroatoms. The second-order valence-corrected chi connectivity index (χ2v) is 5.09. The lowest BCUT2D eigenvalue weighted by molar-refractivity contribution is -0.147. The summed E-state index contributed by atoms with van der Waals surface area (Å²) in [6.07, 6.45) is 0. The van der Waals surface area contributed by atoms with Crippen LogP contribution in [0.15, 0.2) is 53.0 Å². The van der Waals surface area contributed by atoms with Gasteiger partial charge in [0.2, 0.25) is 0 Å². The van der Waals surface area contributed by atoms with Crippen LogP contribution in [0.3, 0.4) is 0 Å². The third-order valence-electron chi connectivity index (χ3n) is 2.70. The molecule has 21 heavy (non-hydrogen) atoms. The maximum Gasteiger partial charge on any atom is 0.344 e. The van der Waals surface area contributed by atoms with Crippen LogP contribution in [0.2, 0.25) is 0 Å². The smallest absolute Gasteiger partial charge is 0.344 e. The van der Waals surface area contributed by atoms with Crippen molar-refractivity contribution < 1.29 is 14.3 Å². The van der Waals surface area contributed by atoms with Crippen molar-refractivity contribution in [3.63, 3.8) is 0 Å². The van der Waals surface area contributed by atoms with E-state index in [9.17, 15) is 4.79 Å². The number of hydrogen-bond acceptors (Lipinski definition) is 4. The topological polar surface area (TPSA) is 59.3 Å². The van der Waals surface area contributed by atoms with Crippen LogP contribution in [0, 0.1) is 11.3 Å². The Bertz CT molecular complexity index is 662. The van der Waals surface area contributed by atoms with E-state index < -0.39 is 5.97 Å². The van der Waals surface area contributed by atoms with Crippen molar-refractivity contribution in [2.24, 2.45) is 0 Å². The second-order valence-electron chi connectivity index (χ2n) is 4.17. The Balaban J connectivity index is 1.82. The van der Waals surface area contributed by atoms with Crippen molar-refractivity contribution in [2.45, 2.75) is 6.61 Å². The van der Waals surface area contributed by atoms with Crippen LogP contribution in [0.5, 0.6) is 5.75 Å². The van der Waals surface area contributed by atoms with Crippen LogP contribution in [-0.2, 0) is 16.1 Å². The SMILES string of the molecule is N#Cc1ccccc1COC(=O)COc1ccc(Br)cc1. The quantitative estimate of drug-likeness (QED) is 0.778. The van der Waals surface area contributed by atoms with Gasteiger partial charge in [-0.05, 0) is 30.3 Å². The lowest BCUT2D eigenvalue weighted by Gasteiger charge is -2.08. The number of rotatable bonds is 5. The molecule has 0 saturated carbocycles. The Morgan fingerprint density at radius 1 is 1.14 bits per heavy atom. The summed E-state index contributed by atoms with van der Waals surface area (Å²) >= 11 is 3.32. The maximum absolute atomic E-state index is 11.6. The molecule has 0 bridgehead atoms. The third kappa shape index (κ3) is 4.62. The Morgan fingerprint density at radius 2 is 1.86 bits per heavy atom. The van der Waals surface area contributed by atoms with Gasteiger partial charge in [0, 0.05) is 10.0 Å². The van der Waals surface area contributed by atoms with E-state index >= 15 is 0 Å². The summed E-state index contributed by atoms with van der Waals surface area (Å²) in [6.45, 7) is -0.109. The molecule has 0 saturated heterocycles. The van der Waals surface area contributed by atoms with Gasteiger partial charge in [-0.2, -0.15) is 5.26 Å². The van der Waals surface area contributed by atoms with Crippen LogP contribution in [0.4, 0.5) is 0 Å². The molecule has 0 spiro atoms. The molecule has 0 unspecified atom stereocenters. The average Bonchev–Trinajstić information content (AvgIpc) is 2.52. The molecule has 0 aliphatic heterocycles. The lowest BCUT2D eigenvalue weighted by atomic mass is 10.1. The van der Waals surface area contributed by atoms with Gasteiger partial charge in [0.15, 0.2) is 6.61 Å². The predicted molar refractivity (Wildman–Crippen MR) is 80.6 cm³/mol. The van der Waals surface area contributed by atoms with E-state index in [1.54, 1.807) is 36.4 Å². The Hall–Kier alpha value is -2.32. The van der Waals surface area contributed by atoms with Gasteiger partial charge in [0.1, 0.15) is 12.4 Å². The molecule has 0 aromatic heterocycles. The zero-order valence-corrected chi connectivity index (χ0v) is 12.7. The molecule has 0 atom stereocenters. The first-order valence-corrected chi connectivity index (χ1v) is 7.00. The minimum absolute atomic E-state index is 0.0618. The van der Waals surface area contributed by atoms with Crippen molar-refractivity contribution in [3.8, 4) is 11.8 Å². The zero-order valence-electron chi connectivity index (χ0n) is 11.1. The summed E-state index contributed by atoms with van der Waals surface area (Å²) in [5.74, 6) is 0.109. The number of halogens is 1. The first-order valence-electron chi connectivity index (χ1n) is 6.21. The molecule has 0 heterocycles. The number of benzene rings is 2. The van der Waals surface area contributed by atoms with Gasteiger partial charge in [-0.1, -0.05) is 34.1 Å². The van der Waals surface area contributed by atoms with Crippen molar-refractivity contribution in [1.82, 2.24) is 0 Å². The number of ether oxygens (including phenoxy) is 2. The summed E-state index contributed by atoms with van der Waals surface area (Å²) < 4.78 is 11.3. The molecular weight excluding hydrogens is 334 g/mol. The monoisotopic (exact) mass is 345 g/mol. The molecule has 2 rings (SSSR count). The molecule has 0 aliphatic rings. The molecule has 0 radical (unpaired) electrons. The standard InChI is InChI=1S/C16H12BrNO3/c17-14-5-7-15(8-6-14)20-11-16(19)21-10-13-4-2-1-3-12(13)9-18/h1-8H,10-11H2. The number of nitrogens with zero attached hydrogens (tertiary/aromatic N) is 1. The normalized spacial score (nSPS) is 9.71. The Morgan fingerprint density at radius 3 is 2.57 bits per heavy atom. The van der Waals surface area contributed by atoms with Crippen LogP contribution in [0.25, 0.3) is 0 Å². The Labute approximate surface area is 131 Å². The fraction of sp³-hybridized carbons (Fsp3) is 0.125. The highest BCUT2D eigenvalue weighted by Gasteiger charge is 2.07. The largest absolute Gasteiger partial charge is 0.482 e. The Kier molecular flexibility index (Phi) is 5.35. The molecule has 2 aromatic carbocycles. The number of carbonyl (C=O) groups is 1. The molecule has 0 aliphatic carbocycles. The molecule has 0 N–H and O–H groups in total. The average molecular weight is 346 g/mol. The van der Waals surface area contributed by atoms with Gasteiger partial charge in [0.25, 0.3) is 0 Å². The van der Waals surface area contributed by atoms with Gasteiger partial charge in [-0.3, -0.25) is 0 Å². The van der Waals surface area contributed by atoms with Crippen LogP contribution in [-0.4, -0.2) is 12.6 Å².